The lowest BCUT2D eigenvalue weighted by molar-refractivity contribution is 0.0600. The first-order chi connectivity index (χ1) is 13.4. The van der Waals surface area contributed by atoms with E-state index in [0.29, 0.717) is 11.5 Å². The second-order valence-electron chi connectivity index (χ2n) is 6.99. The number of nitrogens with zero attached hydrogens (tertiary/aromatic N) is 1. The molecule has 0 spiro atoms. The summed E-state index contributed by atoms with van der Waals surface area (Å²) in [6.07, 6.45) is 2.08. The number of carbonyl (C=O) groups is 1. The van der Waals surface area contributed by atoms with Crippen molar-refractivity contribution >= 4 is 16.0 Å². The van der Waals surface area contributed by atoms with E-state index in [1.54, 1.807) is 11.4 Å². The molecule has 0 bridgehead atoms. The molecule has 1 aliphatic rings. The van der Waals surface area contributed by atoms with Crippen molar-refractivity contribution in [3.8, 4) is 5.75 Å². The minimum atomic E-state index is -3.72. The van der Waals surface area contributed by atoms with Crippen LogP contribution in [-0.4, -0.2) is 39.0 Å². The van der Waals surface area contributed by atoms with Crippen molar-refractivity contribution in [1.29, 1.82) is 0 Å². The standard InChI is InChI=1S/C21H25NO5S/c1-15(17-6-7-17)22(14-16-4-10-19(26-2)11-5-16)28(24,25)20-12-8-18(9-13-20)21(23)27-3/h4-5,8-13,15,17H,6-7,14H2,1-3H3/t15-/m1/s1. The summed E-state index contributed by atoms with van der Waals surface area (Å²) in [6.45, 7) is 2.24. The van der Waals surface area contributed by atoms with Crippen LogP contribution < -0.4 is 4.74 Å². The minimum Gasteiger partial charge on any atom is -0.497 e. The molecule has 0 unspecified atom stereocenters. The Morgan fingerprint density at radius 3 is 2.18 bits per heavy atom. The van der Waals surface area contributed by atoms with Crippen LogP contribution in [0.4, 0.5) is 0 Å². The number of esters is 1. The fraction of sp³-hybridized carbons (Fsp3) is 0.381. The smallest absolute Gasteiger partial charge is 0.337 e. The van der Waals surface area contributed by atoms with Crippen LogP contribution in [0.2, 0.25) is 0 Å². The lowest BCUT2D eigenvalue weighted by atomic mass is 10.1. The summed E-state index contributed by atoms with van der Waals surface area (Å²) in [7, 11) is -0.830. The van der Waals surface area contributed by atoms with Crippen LogP contribution in [0.5, 0.6) is 5.75 Å². The van der Waals surface area contributed by atoms with Gasteiger partial charge in [0.25, 0.3) is 0 Å². The molecule has 2 aromatic carbocycles. The van der Waals surface area contributed by atoms with Gasteiger partial charge in [0.05, 0.1) is 24.7 Å². The molecule has 0 aromatic heterocycles. The van der Waals surface area contributed by atoms with Crippen molar-refractivity contribution in [1.82, 2.24) is 4.31 Å². The molecular formula is C21H25NO5S. The van der Waals surface area contributed by atoms with Crippen LogP contribution in [0.25, 0.3) is 0 Å². The molecule has 0 amide bonds. The average molecular weight is 404 g/mol. The van der Waals surface area contributed by atoms with Crippen molar-refractivity contribution in [2.45, 2.75) is 37.2 Å². The Morgan fingerprint density at radius 2 is 1.68 bits per heavy atom. The van der Waals surface area contributed by atoms with Gasteiger partial charge >= 0.3 is 5.97 Å². The SMILES string of the molecule is COC(=O)c1ccc(S(=O)(=O)N(Cc2ccc(OC)cc2)[C@H](C)C2CC2)cc1. The molecular weight excluding hydrogens is 378 g/mol. The molecule has 0 N–H and O–H groups in total. The van der Waals surface area contributed by atoms with E-state index in [4.69, 9.17) is 4.74 Å². The lowest BCUT2D eigenvalue weighted by Crippen LogP contribution is -2.39. The molecule has 28 heavy (non-hydrogen) atoms. The maximum atomic E-state index is 13.4. The van der Waals surface area contributed by atoms with E-state index < -0.39 is 16.0 Å². The molecule has 150 valence electrons. The number of hydrogen-bond acceptors (Lipinski definition) is 5. The highest BCUT2D eigenvalue weighted by atomic mass is 32.2. The fourth-order valence-electron chi connectivity index (χ4n) is 3.19. The number of rotatable bonds is 8. The van der Waals surface area contributed by atoms with E-state index in [1.165, 1.54) is 31.4 Å². The average Bonchev–Trinajstić information content (AvgIpc) is 3.56. The number of benzene rings is 2. The molecule has 2 aromatic rings. The van der Waals surface area contributed by atoms with Gasteiger partial charge in [0.2, 0.25) is 10.0 Å². The number of hydrogen-bond donors (Lipinski definition) is 0. The Balaban J connectivity index is 1.90. The van der Waals surface area contributed by atoms with Crippen molar-refractivity contribution < 1.29 is 22.7 Å². The van der Waals surface area contributed by atoms with E-state index in [2.05, 4.69) is 4.74 Å². The van der Waals surface area contributed by atoms with Gasteiger partial charge in [-0.1, -0.05) is 12.1 Å². The Bertz CT molecular complexity index is 918. The van der Waals surface area contributed by atoms with E-state index >= 15 is 0 Å². The summed E-state index contributed by atoms with van der Waals surface area (Å²) in [5, 5.41) is 0. The summed E-state index contributed by atoms with van der Waals surface area (Å²) in [5.41, 5.74) is 1.21. The van der Waals surface area contributed by atoms with E-state index in [-0.39, 0.29) is 17.5 Å². The number of sulfonamides is 1. The fourth-order valence-corrected chi connectivity index (χ4v) is 4.87. The normalized spacial score (nSPS) is 15.3. The van der Waals surface area contributed by atoms with Crippen LogP contribution in [-0.2, 0) is 21.3 Å². The second-order valence-corrected chi connectivity index (χ2v) is 8.88. The quantitative estimate of drug-likeness (QED) is 0.631. The third-order valence-electron chi connectivity index (χ3n) is 5.14. The first-order valence-corrected chi connectivity index (χ1v) is 10.6. The predicted molar refractivity (Wildman–Crippen MR) is 106 cm³/mol. The number of methoxy groups -OCH3 is 2. The Labute approximate surface area is 166 Å². The van der Waals surface area contributed by atoms with Gasteiger partial charge in [-0.15, -0.1) is 0 Å². The third-order valence-corrected chi connectivity index (χ3v) is 7.08. The molecule has 7 heteroatoms. The zero-order valence-corrected chi connectivity index (χ0v) is 17.1. The van der Waals surface area contributed by atoms with Gasteiger partial charge in [-0.25, -0.2) is 13.2 Å². The Hall–Kier alpha value is -2.38. The summed E-state index contributed by atoms with van der Waals surface area (Å²) in [5.74, 6) is 0.611. The zero-order chi connectivity index (χ0) is 20.3. The topological polar surface area (TPSA) is 72.9 Å². The van der Waals surface area contributed by atoms with Crippen molar-refractivity contribution in [2.24, 2.45) is 5.92 Å². The number of ether oxygens (including phenoxy) is 2. The summed E-state index contributed by atoms with van der Waals surface area (Å²) >= 11 is 0. The maximum absolute atomic E-state index is 13.4. The van der Waals surface area contributed by atoms with Crippen LogP contribution in [0.15, 0.2) is 53.4 Å². The molecule has 0 heterocycles. The van der Waals surface area contributed by atoms with Gasteiger partial charge < -0.3 is 9.47 Å². The molecule has 1 fully saturated rings. The largest absolute Gasteiger partial charge is 0.497 e. The monoisotopic (exact) mass is 403 g/mol. The Kier molecular flexibility index (Phi) is 6.05. The summed E-state index contributed by atoms with van der Waals surface area (Å²) in [4.78, 5) is 11.8. The molecule has 0 radical (unpaired) electrons. The molecule has 0 aliphatic heterocycles. The molecule has 1 saturated carbocycles. The molecule has 6 nitrogen and oxygen atoms in total. The van der Waals surface area contributed by atoms with Crippen LogP contribution in [0.3, 0.4) is 0 Å². The predicted octanol–water partition coefficient (Wildman–Crippen LogP) is 3.47. The van der Waals surface area contributed by atoms with Gasteiger partial charge in [0.1, 0.15) is 5.75 Å². The van der Waals surface area contributed by atoms with E-state index in [0.717, 1.165) is 24.2 Å². The minimum absolute atomic E-state index is 0.104. The molecule has 3 rings (SSSR count). The second kappa shape index (κ2) is 8.32. The van der Waals surface area contributed by atoms with Gasteiger partial charge in [-0.3, -0.25) is 0 Å². The van der Waals surface area contributed by atoms with Crippen LogP contribution in [0.1, 0.15) is 35.7 Å². The number of carbonyl (C=O) groups excluding carboxylic acids is 1. The zero-order valence-electron chi connectivity index (χ0n) is 16.3. The first-order valence-electron chi connectivity index (χ1n) is 9.20. The van der Waals surface area contributed by atoms with Crippen molar-refractivity contribution in [2.75, 3.05) is 14.2 Å². The first kappa shape index (κ1) is 20.4. The molecule has 1 aliphatic carbocycles. The molecule has 1 atom stereocenters. The van der Waals surface area contributed by atoms with Gasteiger partial charge in [-0.2, -0.15) is 4.31 Å². The molecule has 0 saturated heterocycles. The third kappa shape index (κ3) is 4.36. The van der Waals surface area contributed by atoms with Crippen molar-refractivity contribution in [3.63, 3.8) is 0 Å². The summed E-state index contributed by atoms with van der Waals surface area (Å²) < 4.78 is 38.1. The van der Waals surface area contributed by atoms with Crippen LogP contribution >= 0.6 is 0 Å². The highest BCUT2D eigenvalue weighted by molar-refractivity contribution is 7.89. The van der Waals surface area contributed by atoms with Crippen molar-refractivity contribution in [3.05, 3.63) is 59.7 Å². The lowest BCUT2D eigenvalue weighted by Gasteiger charge is -2.28. The van der Waals surface area contributed by atoms with Gasteiger partial charge in [-0.05, 0) is 67.6 Å². The Morgan fingerprint density at radius 1 is 1.07 bits per heavy atom. The van der Waals surface area contributed by atoms with E-state index in [1.807, 2.05) is 31.2 Å². The van der Waals surface area contributed by atoms with Gasteiger partial charge in [0.15, 0.2) is 0 Å². The van der Waals surface area contributed by atoms with E-state index in [9.17, 15) is 13.2 Å². The maximum Gasteiger partial charge on any atom is 0.337 e. The van der Waals surface area contributed by atoms with Gasteiger partial charge in [0, 0.05) is 12.6 Å². The highest BCUT2D eigenvalue weighted by Gasteiger charge is 2.38. The summed E-state index contributed by atoms with van der Waals surface area (Å²) in [6, 6.07) is 13.2. The highest BCUT2D eigenvalue weighted by Crippen LogP contribution is 2.38. The van der Waals surface area contributed by atoms with Crippen LogP contribution in [0, 0.1) is 5.92 Å².